The Kier molecular flexibility index (Phi) is 3.52. The Bertz CT molecular complexity index is 750. The number of nitrogens with zero attached hydrogens (tertiary/aromatic N) is 2. The molecule has 2 aromatic carbocycles. The average molecular weight is 284 g/mol. The van der Waals surface area contributed by atoms with Gasteiger partial charge in [-0.2, -0.15) is 0 Å². The Morgan fingerprint density at radius 3 is 2.80 bits per heavy atom. The van der Waals surface area contributed by atoms with E-state index in [4.69, 9.17) is 11.6 Å². The van der Waals surface area contributed by atoms with Crippen LogP contribution in [0.4, 0.5) is 5.82 Å². The SMILES string of the molecule is Cc1cnc(Cl)nc1NCc1cccc2ccccc12. The van der Waals surface area contributed by atoms with Crippen molar-refractivity contribution in [3.63, 3.8) is 0 Å². The zero-order valence-electron chi connectivity index (χ0n) is 11.1. The largest absolute Gasteiger partial charge is 0.366 e. The number of hydrogen-bond donors (Lipinski definition) is 1. The molecule has 3 nitrogen and oxygen atoms in total. The Morgan fingerprint density at radius 1 is 1.10 bits per heavy atom. The van der Waals surface area contributed by atoms with Gasteiger partial charge in [0.05, 0.1) is 0 Å². The number of aromatic nitrogens is 2. The Morgan fingerprint density at radius 2 is 1.90 bits per heavy atom. The van der Waals surface area contributed by atoms with Gasteiger partial charge in [-0.1, -0.05) is 42.5 Å². The van der Waals surface area contributed by atoms with Crippen molar-refractivity contribution < 1.29 is 0 Å². The highest BCUT2D eigenvalue weighted by atomic mass is 35.5. The summed E-state index contributed by atoms with van der Waals surface area (Å²) in [5, 5.41) is 6.08. The first-order valence-electron chi connectivity index (χ1n) is 6.44. The van der Waals surface area contributed by atoms with E-state index in [-0.39, 0.29) is 5.28 Å². The second kappa shape index (κ2) is 5.47. The van der Waals surface area contributed by atoms with Crippen molar-refractivity contribution in [2.45, 2.75) is 13.5 Å². The monoisotopic (exact) mass is 283 g/mol. The van der Waals surface area contributed by atoms with Crippen LogP contribution in [-0.2, 0) is 6.54 Å². The molecule has 1 aromatic heterocycles. The van der Waals surface area contributed by atoms with Gasteiger partial charge in [-0.25, -0.2) is 9.97 Å². The van der Waals surface area contributed by atoms with E-state index in [1.807, 2.05) is 13.0 Å². The predicted octanol–water partition coefficient (Wildman–Crippen LogP) is 4.20. The first kappa shape index (κ1) is 12.9. The highest BCUT2D eigenvalue weighted by molar-refractivity contribution is 6.28. The fraction of sp³-hybridized carbons (Fsp3) is 0.125. The number of benzene rings is 2. The Hall–Kier alpha value is -2.13. The summed E-state index contributed by atoms with van der Waals surface area (Å²) >= 11 is 5.83. The second-order valence-electron chi connectivity index (χ2n) is 4.66. The molecule has 0 saturated heterocycles. The van der Waals surface area contributed by atoms with Gasteiger partial charge in [0.25, 0.3) is 0 Å². The van der Waals surface area contributed by atoms with Crippen LogP contribution in [0.1, 0.15) is 11.1 Å². The van der Waals surface area contributed by atoms with Crippen molar-refractivity contribution in [1.82, 2.24) is 9.97 Å². The van der Waals surface area contributed by atoms with Crippen LogP contribution >= 0.6 is 11.6 Å². The molecule has 3 rings (SSSR count). The van der Waals surface area contributed by atoms with E-state index in [1.165, 1.54) is 16.3 Å². The summed E-state index contributed by atoms with van der Waals surface area (Å²) in [5.41, 5.74) is 2.21. The molecule has 0 saturated carbocycles. The molecule has 0 aliphatic carbocycles. The van der Waals surface area contributed by atoms with Gasteiger partial charge in [-0.05, 0) is 34.9 Å². The maximum Gasteiger partial charge on any atom is 0.224 e. The summed E-state index contributed by atoms with van der Waals surface area (Å²) in [6.07, 6.45) is 1.72. The predicted molar refractivity (Wildman–Crippen MR) is 83.1 cm³/mol. The van der Waals surface area contributed by atoms with E-state index < -0.39 is 0 Å². The third kappa shape index (κ3) is 2.58. The van der Waals surface area contributed by atoms with E-state index in [0.717, 1.165) is 11.4 Å². The Balaban J connectivity index is 1.89. The standard InChI is InChI=1S/C16H14ClN3/c1-11-9-19-16(17)20-15(11)18-10-13-7-4-6-12-5-2-3-8-14(12)13/h2-9H,10H2,1H3,(H,18,19,20). The van der Waals surface area contributed by atoms with E-state index in [9.17, 15) is 0 Å². The van der Waals surface area contributed by atoms with Crippen LogP contribution in [0.3, 0.4) is 0 Å². The van der Waals surface area contributed by atoms with Crippen molar-refractivity contribution in [1.29, 1.82) is 0 Å². The van der Waals surface area contributed by atoms with Gasteiger partial charge in [0.15, 0.2) is 0 Å². The molecule has 0 fully saturated rings. The summed E-state index contributed by atoms with van der Waals surface area (Å²) in [6.45, 7) is 2.66. The van der Waals surface area contributed by atoms with Gasteiger partial charge in [0.1, 0.15) is 5.82 Å². The molecule has 4 heteroatoms. The van der Waals surface area contributed by atoms with Crippen molar-refractivity contribution in [2.24, 2.45) is 0 Å². The van der Waals surface area contributed by atoms with Gasteiger partial charge in [0.2, 0.25) is 5.28 Å². The lowest BCUT2D eigenvalue weighted by Gasteiger charge is -2.10. The van der Waals surface area contributed by atoms with Gasteiger partial charge >= 0.3 is 0 Å². The molecule has 0 unspecified atom stereocenters. The van der Waals surface area contributed by atoms with Gasteiger partial charge in [-0.15, -0.1) is 0 Å². The minimum absolute atomic E-state index is 0.260. The first-order chi connectivity index (χ1) is 9.74. The maximum absolute atomic E-state index is 5.83. The maximum atomic E-state index is 5.83. The van der Waals surface area contributed by atoms with Crippen molar-refractivity contribution >= 4 is 28.2 Å². The first-order valence-corrected chi connectivity index (χ1v) is 6.81. The fourth-order valence-corrected chi connectivity index (χ4v) is 2.36. The van der Waals surface area contributed by atoms with E-state index >= 15 is 0 Å². The van der Waals surface area contributed by atoms with Crippen LogP contribution in [0.2, 0.25) is 5.28 Å². The van der Waals surface area contributed by atoms with Crippen LogP contribution in [0.15, 0.2) is 48.7 Å². The highest BCUT2D eigenvalue weighted by Gasteiger charge is 2.04. The number of aryl methyl sites for hydroxylation is 1. The summed E-state index contributed by atoms with van der Waals surface area (Å²) in [4.78, 5) is 8.17. The third-order valence-corrected chi connectivity index (χ3v) is 3.45. The van der Waals surface area contributed by atoms with E-state index in [2.05, 4.69) is 51.7 Å². The highest BCUT2D eigenvalue weighted by Crippen LogP contribution is 2.20. The van der Waals surface area contributed by atoms with Crippen LogP contribution in [0, 0.1) is 6.92 Å². The molecular weight excluding hydrogens is 270 g/mol. The molecule has 0 radical (unpaired) electrons. The van der Waals surface area contributed by atoms with Gasteiger partial charge in [0, 0.05) is 18.3 Å². The molecule has 1 heterocycles. The van der Waals surface area contributed by atoms with Gasteiger partial charge < -0.3 is 5.32 Å². The molecule has 1 N–H and O–H groups in total. The number of rotatable bonds is 3. The molecule has 0 bridgehead atoms. The number of anilines is 1. The number of hydrogen-bond acceptors (Lipinski definition) is 3. The number of nitrogens with one attached hydrogen (secondary N) is 1. The summed E-state index contributed by atoms with van der Waals surface area (Å²) < 4.78 is 0. The molecular formula is C16H14ClN3. The molecule has 0 spiro atoms. The minimum Gasteiger partial charge on any atom is -0.366 e. The zero-order chi connectivity index (χ0) is 13.9. The van der Waals surface area contributed by atoms with Crippen molar-refractivity contribution in [2.75, 3.05) is 5.32 Å². The third-order valence-electron chi connectivity index (χ3n) is 3.27. The minimum atomic E-state index is 0.260. The van der Waals surface area contributed by atoms with Gasteiger partial charge in [-0.3, -0.25) is 0 Å². The average Bonchev–Trinajstić information content (AvgIpc) is 2.48. The number of fused-ring (bicyclic) bond motifs is 1. The lowest BCUT2D eigenvalue weighted by Crippen LogP contribution is -2.04. The van der Waals surface area contributed by atoms with E-state index in [1.54, 1.807) is 6.20 Å². The second-order valence-corrected chi connectivity index (χ2v) is 5.00. The summed E-state index contributed by atoms with van der Waals surface area (Å²) in [7, 11) is 0. The normalized spacial score (nSPS) is 10.7. The van der Waals surface area contributed by atoms with Crippen LogP contribution < -0.4 is 5.32 Å². The van der Waals surface area contributed by atoms with Crippen molar-refractivity contribution in [3.8, 4) is 0 Å². The van der Waals surface area contributed by atoms with Crippen molar-refractivity contribution in [3.05, 3.63) is 65.1 Å². The summed E-state index contributed by atoms with van der Waals surface area (Å²) in [5.74, 6) is 0.776. The van der Waals surface area contributed by atoms with Crippen LogP contribution in [0.5, 0.6) is 0 Å². The zero-order valence-corrected chi connectivity index (χ0v) is 11.9. The number of halogens is 1. The topological polar surface area (TPSA) is 37.8 Å². The lowest BCUT2D eigenvalue weighted by molar-refractivity contribution is 1.07. The molecule has 100 valence electrons. The molecule has 3 aromatic rings. The molecule has 0 atom stereocenters. The van der Waals surface area contributed by atoms with Crippen LogP contribution in [0.25, 0.3) is 10.8 Å². The summed E-state index contributed by atoms with van der Waals surface area (Å²) in [6, 6.07) is 14.7. The molecule has 0 amide bonds. The fourth-order valence-electron chi connectivity index (χ4n) is 2.23. The molecule has 0 aliphatic heterocycles. The quantitative estimate of drug-likeness (QED) is 0.732. The molecule has 0 aliphatic rings. The Labute approximate surface area is 122 Å². The smallest absolute Gasteiger partial charge is 0.224 e. The van der Waals surface area contributed by atoms with Crippen LogP contribution in [-0.4, -0.2) is 9.97 Å². The van der Waals surface area contributed by atoms with E-state index in [0.29, 0.717) is 6.54 Å². The lowest BCUT2D eigenvalue weighted by atomic mass is 10.0. The molecule has 20 heavy (non-hydrogen) atoms.